The summed E-state index contributed by atoms with van der Waals surface area (Å²) in [5.41, 5.74) is 4.14. The van der Waals surface area contributed by atoms with Crippen molar-refractivity contribution in [3.8, 4) is 17.0 Å². The first-order valence-corrected chi connectivity index (χ1v) is 8.52. The summed E-state index contributed by atoms with van der Waals surface area (Å²) in [7, 11) is 0. The quantitative estimate of drug-likeness (QED) is 0.756. The summed E-state index contributed by atoms with van der Waals surface area (Å²) in [4.78, 5) is 19.1. The Hall–Kier alpha value is -2.78. The van der Waals surface area contributed by atoms with Crippen molar-refractivity contribution in [2.24, 2.45) is 11.7 Å². The van der Waals surface area contributed by atoms with Gasteiger partial charge in [-0.15, -0.1) is 0 Å². The molecule has 0 bridgehead atoms. The number of aromatic nitrogens is 2. The minimum absolute atomic E-state index is 0.113. The molecule has 1 fully saturated rings. The van der Waals surface area contributed by atoms with E-state index in [0.29, 0.717) is 12.8 Å². The number of hydrogen-bond donors (Lipinski definition) is 1. The third kappa shape index (κ3) is 4.05. The number of hydrogen-bond acceptors (Lipinski definition) is 4. The highest BCUT2D eigenvalue weighted by molar-refractivity contribution is 5.75. The number of ether oxygens (including phenoxy) is 1. The molecule has 2 aromatic rings. The Morgan fingerprint density at radius 3 is 2.54 bits per heavy atom. The smallest absolute Gasteiger partial charge is 0.406 e. The minimum Gasteiger partial charge on any atom is -0.406 e. The Kier molecular flexibility index (Phi) is 5.48. The predicted octanol–water partition coefficient (Wildman–Crippen LogP) is 4.72. The van der Waals surface area contributed by atoms with E-state index in [0.717, 1.165) is 24.5 Å². The van der Waals surface area contributed by atoms with Crippen LogP contribution in [0.25, 0.3) is 11.3 Å². The lowest BCUT2D eigenvalue weighted by Crippen LogP contribution is -2.32. The van der Waals surface area contributed by atoms with Gasteiger partial charge in [-0.3, -0.25) is 0 Å². The van der Waals surface area contributed by atoms with Gasteiger partial charge >= 0.3 is 12.3 Å². The predicted molar refractivity (Wildman–Crippen MR) is 88.3 cm³/mol. The first-order chi connectivity index (χ1) is 13.2. The van der Waals surface area contributed by atoms with Gasteiger partial charge in [0, 0.05) is 11.5 Å². The second-order valence-corrected chi connectivity index (χ2v) is 6.52. The average molecular weight is 401 g/mol. The van der Waals surface area contributed by atoms with E-state index in [9.17, 15) is 26.7 Å². The van der Waals surface area contributed by atoms with E-state index in [4.69, 9.17) is 10.5 Å². The molecule has 3 rings (SSSR count). The van der Waals surface area contributed by atoms with Gasteiger partial charge in [-0.05, 0) is 31.0 Å². The van der Waals surface area contributed by atoms with Crippen molar-refractivity contribution in [2.45, 2.75) is 37.8 Å². The van der Waals surface area contributed by atoms with Gasteiger partial charge < -0.3 is 10.5 Å². The molecule has 10 heteroatoms. The fourth-order valence-electron chi connectivity index (χ4n) is 3.57. The van der Waals surface area contributed by atoms with Crippen LogP contribution in [0.5, 0.6) is 5.75 Å². The molecule has 1 aliphatic carbocycles. The van der Waals surface area contributed by atoms with Gasteiger partial charge in [-0.1, -0.05) is 12.8 Å². The number of carbonyl (C=O) groups is 1. The van der Waals surface area contributed by atoms with Crippen LogP contribution in [0.4, 0.5) is 26.7 Å². The number of halogens is 5. The van der Waals surface area contributed by atoms with Crippen LogP contribution in [-0.2, 0) is 0 Å². The number of benzene rings is 1. The summed E-state index contributed by atoms with van der Waals surface area (Å²) < 4.78 is 73.3. The molecule has 1 aromatic heterocycles. The van der Waals surface area contributed by atoms with Crippen LogP contribution in [0.1, 0.15) is 37.3 Å². The van der Waals surface area contributed by atoms with Gasteiger partial charge in [0.2, 0.25) is 0 Å². The molecule has 5 nitrogen and oxygen atoms in total. The molecular formula is C18H16F5N3O2. The lowest BCUT2D eigenvalue weighted by atomic mass is 9.76. The molecule has 1 amide bonds. The zero-order chi connectivity index (χ0) is 20.5. The number of carbonyl (C=O) groups excluding carboxylic acids is 1. The third-order valence-electron chi connectivity index (χ3n) is 4.76. The summed E-state index contributed by atoms with van der Waals surface area (Å²) in [6.45, 7) is 0. The molecule has 0 radical (unpaired) electrons. The van der Waals surface area contributed by atoms with Crippen molar-refractivity contribution in [1.82, 2.24) is 9.97 Å². The molecule has 2 atom stereocenters. The van der Waals surface area contributed by atoms with Crippen LogP contribution in [0.2, 0.25) is 0 Å². The number of primary amides is 1. The highest BCUT2D eigenvalue weighted by Gasteiger charge is 2.47. The zero-order valence-corrected chi connectivity index (χ0v) is 14.5. The number of nitrogens with two attached hydrogens (primary N) is 1. The van der Waals surface area contributed by atoms with E-state index < -0.39 is 41.5 Å². The van der Waals surface area contributed by atoms with Gasteiger partial charge in [-0.25, -0.2) is 23.5 Å². The highest BCUT2D eigenvalue weighted by atomic mass is 19.4. The van der Waals surface area contributed by atoms with Crippen LogP contribution in [-0.4, -0.2) is 22.2 Å². The summed E-state index contributed by atoms with van der Waals surface area (Å²) in [6.07, 6.45) is -3.95. The van der Waals surface area contributed by atoms with Crippen molar-refractivity contribution in [3.05, 3.63) is 41.9 Å². The Morgan fingerprint density at radius 2 is 1.86 bits per heavy atom. The van der Waals surface area contributed by atoms with E-state index in [1.165, 1.54) is 0 Å². The Labute approximate surface area is 156 Å². The normalized spacial score (nSPS) is 20.0. The number of alkyl halides is 3. The van der Waals surface area contributed by atoms with Crippen molar-refractivity contribution in [3.63, 3.8) is 0 Å². The van der Waals surface area contributed by atoms with Gasteiger partial charge in [0.05, 0.1) is 11.6 Å². The maximum absolute atomic E-state index is 14.2. The number of nitrogens with zero attached hydrogens (tertiary/aromatic N) is 2. The van der Waals surface area contributed by atoms with Crippen LogP contribution in [0, 0.1) is 17.6 Å². The molecule has 2 N–H and O–H groups in total. The fraction of sp³-hybridized carbons (Fsp3) is 0.389. The second-order valence-electron chi connectivity index (χ2n) is 6.52. The van der Waals surface area contributed by atoms with Crippen LogP contribution in [0.3, 0.4) is 0 Å². The van der Waals surface area contributed by atoms with Crippen molar-refractivity contribution >= 4 is 6.09 Å². The number of rotatable bonds is 3. The van der Waals surface area contributed by atoms with Crippen LogP contribution < -0.4 is 10.5 Å². The Bertz CT molecular complexity index is 888. The SMILES string of the molecule is NC(=O)Oc1c(-c2cc(F)ccc2F)ncnc1C1CCCCC1C(F)(F)F. The maximum atomic E-state index is 14.2. The van der Waals surface area contributed by atoms with Crippen LogP contribution in [0.15, 0.2) is 24.5 Å². The molecule has 1 saturated carbocycles. The summed E-state index contributed by atoms with van der Waals surface area (Å²) in [6, 6.07) is 2.51. The van der Waals surface area contributed by atoms with Gasteiger partial charge in [0.25, 0.3) is 0 Å². The van der Waals surface area contributed by atoms with E-state index in [2.05, 4.69) is 9.97 Å². The Morgan fingerprint density at radius 1 is 1.14 bits per heavy atom. The summed E-state index contributed by atoms with van der Waals surface area (Å²) in [5.74, 6) is -5.01. The third-order valence-corrected chi connectivity index (χ3v) is 4.76. The molecule has 28 heavy (non-hydrogen) atoms. The van der Waals surface area contributed by atoms with Crippen LogP contribution >= 0.6 is 0 Å². The lowest BCUT2D eigenvalue weighted by Gasteiger charge is -2.33. The van der Waals surface area contributed by atoms with Gasteiger partial charge in [0.15, 0.2) is 5.75 Å². The molecule has 1 aliphatic rings. The van der Waals surface area contributed by atoms with Gasteiger partial charge in [0.1, 0.15) is 23.7 Å². The van der Waals surface area contributed by atoms with E-state index in [-0.39, 0.29) is 29.8 Å². The zero-order valence-electron chi connectivity index (χ0n) is 14.5. The van der Waals surface area contributed by atoms with E-state index in [1.54, 1.807) is 0 Å². The standard InChI is InChI=1S/C18H16F5N3O2/c19-9-5-6-13(20)11(7-9)15-16(28-17(24)27)14(25-8-26-15)10-3-1-2-4-12(10)18(21,22)23/h5-8,10,12H,1-4H2,(H2,24,27). The van der Waals surface area contributed by atoms with E-state index in [1.807, 2.05) is 0 Å². The summed E-state index contributed by atoms with van der Waals surface area (Å²) >= 11 is 0. The molecular weight excluding hydrogens is 385 g/mol. The largest absolute Gasteiger partial charge is 0.410 e. The molecule has 1 heterocycles. The first kappa shape index (κ1) is 20.0. The molecule has 0 saturated heterocycles. The topological polar surface area (TPSA) is 78.1 Å². The molecule has 150 valence electrons. The molecule has 2 unspecified atom stereocenters. The minimum atomic E-state index is -4.50. The maximum Gasteiger partial charge on any atom is 0.410 e. The summed E-state index contributed by atoms with van der Waals surface area (Å²) in [5, 5.41) is 0. The second kappa shape index (κ2) is 7.69. The lowest BCUT2D eigenvalue weighted by molar-refractivity contribution is -0.187. The molecule has 1 aromatic carbocycles. The number of amides is 1. The first-order valence-electron chi connectivity index (χ1n) is 8.52. The molecule has 0 spiro atoms. The van der Waals surface area contributed by atoms with Crippen molar-refractivity contribution < 1.29 is 31.5 Å². The fourth-order valence-corrected chi connectivity index (χ4v) is 3.57. The average Bonchev–Trinajstić information content (AvgIpc) is 2.63. The molecule has 0 aliphatic heterocycles. The van der Waals surface area contributed by atoms with Crippen molar-refractivity contribution in [2.75, 3.05) is 0 Å². The van der Waals surface area contributed by atoms with Crippen molar-refractivity contribution in [1.29, 1.82) is 0 Å². The monoisotopic (exact) mass is 401 g/mol. The highest BCUT2D eigenvalue weighted by Crippen LogP contribution is 2.49. The Balaban J connectivity index is 2.19. The van der Waals surface area contributed by atoms with E-state index >= 15 is 0 Å². The van der Waals surface area contributed by atoms with Gasteiger partial charge in [-0.2, -0.15) is 13.2 Å².